The first-order valence-electron chi connectivity index (χ1n) is 23.3. The third-order valence-electron chi connectivity index (χ3n) is 11.0. The molecule has 0 N–H and O–H groups in total. The zero-order valence-corrected chi connectivity index (χ0v) is 39.8. The van der Waals surface area contributed by atoms with E-state index in [1.165, 1.54) is 26.0 Å². The fourth-order valence-corrected chi connectivity index (χ4v) is 7.55. The molecule has 1 aliphatic rings. The molecule has 0 bridgehead atoms. The minimum atomic E-state index is -1.25. The first kappa shape index (κ1) is 51.1. The maximum atomic E-state index is 13.8. The molecule has 0 aromatic heterocycles. The highest BCUT2D eigenvalue weighted by molar-refractivity contribution is 5.87. The van der Waals surface area contributed by atoms with Crippen LogP contribution in [0.3, 0.4) is 0 Å². The van der Waals surface area contributed by atoms with Crippen LogP contribution < -0.4 is 18.9 Å². The Morgan fingerprint density at radius 1 is 0.535 bits per heavy atom. The van der Waals surface area contributed by atoms with Gasteiger partial charge >= 0.3 is 17.9 Å². The first-order chi connectivity index (χ1) is 34.7. The standard InChI is InChI=1S/C58H58O13/c1-4-32-62-56-55(71-54(61)30-27-43-25-28-49(65-36-45-17-9-5-10-18-45)51(34-43)67-38-47-21-13-7-14-22-47)53(40-64-41(2)59)70-58(57(56)69-42(3)60)63-33-31-44-26-29-50(66-37-46-19-11-6-12-20-46)52(35-44)68-39-48-23-15-8-16-24-48/h4-30,34-35,53,55-58H,1,31-33,36-40H2,2-3H3/b30-27+/t53-,55-,56+,57-,58-/m1/s1. The maximum absolute atomic E-state index is 13.8. The zero-order valence-electron chi connectivity index (χ0n) is 39.8. The zero-order chi connectivity index (χ0) is 49.6. The van der Waals surface area contributed by atoms with Crippen LogP contribution in [-0.4, -0.2) is 68.4 Å². The van der Waals surface area contributed by atoms with Crippen molar-refractivity contribution in [3.63, 3.8) is 0 Å². The minimum Gasteiger partial charge on any atom is -0.485 e. The van der Waals surface area contributed by atoms with Gasteiger partial charge in [-0.25, -0.2) is 4.79 Å². The highest BCUT2D eigenvalue weighted by Gasteiger charge is 2.51. The fourth-order valence-electron chi connectivity index (χ4n) is 7.55. The minimum absolute atomic E-state index is 0.0196. The van der Waals surface area contributed by atoms with Crippen molar-refractivity contribution in [2.24, 2.45) is 0 Å². The van der Waals surface area contributed by atoms with E-state index in [0.29, 0.717) is 54.8 Å². The van der Waals surface area contributed by atoms with Crippen LogP contribution in [0.4, 0.5) is 0 Å². The number of hydrogen-bond acceptors (Lipinski definition) is 13. The predicted octanol–water partition coefficient (Wildman–Crippen LogP) is 9.98. The summed E-state index contributed by atoms with van der Waals surface area (Å²) in [5.74, 6) is 0.0846. The Hall–Kier alpha value is -7.71. The summed E-state index contributed by atoms with van der Waals surface area (Å²) in [5.41, 5.74) is 5.43. The Morgan fingerprint density at radius 2 is 1.04 bits per heavy atom. The van der Waals surface area contributed by atoms with Crippen molar-refractivity contribution in [1.82, 2.24) is 0 Å². The van der Waals surface area contributed by atoms with Crippen LogP contribution in [0.25, 0.3) is 6.08 Å². The molecule has 0 saturated carbocycles. The number of carbonyl (C=O) groups excluding carboxylic acids is 3. The summed E-state index contributed by atoms with van der Waals surface area (Å²) in [7, 11) is 0. The highest BCUT2D eigenvalue weighted by Crippen LogP contribution is 2.34. The summed E-state index contributed by atoms with van der Waals surface area (Å²) in [6.07, 6.45) is -1.28. The summed E-state index contributed by atoms with van der Waals surface area (Å²) in [5, 5.41) is 0. The summed E-state index contributed by atoms with van der Waals surface area (Å²) in [6.45, 7) is 7.28. The van der Waals surface area contributed by atoms with E-state index in [1.807, 2.05) is 140 Å². The third-order valence-corrected chi connectivity index (χ3v) is 11.0. The summed E-state index contributed by atoms with van der Waals surface area (Å²) >= 11 is 0. The molecule has 0 aliphatic carbocycles. The van der Waals surface area contributed by atoms with Gasteiger partial charge in [0.05, 0.1) is 13.2 Å². The Labute approximate surface area is 414 Å². The molecule has 5 atom stereocenters. The van der Waals surface area contributed by atoms with Gasteiger partial charge in [-0.15, -0.1) is 6.58 Å². The molecular weight excluding hydrogens is 905 g/mol. The quantitative estimate of drug-likeness (QED) is 0.0233. The molecule has 0 radical (unpaired) electrons. The van der Waals surface area contributed by atoms with Crippen LogP contribution in [0.1, 0.15) is 47.2 Å². The van der Waals surface area contributed by atoms with Gasteiger partial charge in [-0.3, -0.25) is 9.59 Å². The lowest BCUT2D eigenvalue weighted by atomic mass is 9.98. The van der Waals surface area contributed by atoms with E-state index >= 15 is 0 Å². The van der Waals surface area contributed by atoms with Crippen LogP contribution in [0.15, 0.2) is 176 Å². The van der Waals surface area contributed by atoms with E-state index in [1.54, 1.807) is 24.3 Å². The summed E-state index contributed by atoms with van der Waals surface area (Å²) in [4.78, 5) is 38.6. The Morgan fingerprint density at radius 3 is 1.55 bits per heavy atom. The highest BCUT2D eigenvalue weighted by atomic mass is 16.7. The van der Waals surface area contributed by atoms with Crippen molar-refractivity contribution in [3.8, 4) is 23.0 Å². The van der Waals surface area contributed by atoms with E-state index in [4.69, 9.17) is 47.4 Å². The molecule has 1 heterocycles. The molecule has 71 heavy (non-hydrogen) atoms. The van der Waals surface area contributed by atoms with Gasteiger partial charge in [-0.05, 0) is 70.1 Å². The average molecular weight is 963 g/mol. The number of hydrogen-bond donors (Lipinski definition) is 0. The van der Waals surface area contributed by atoms with Crippen LogP contribution in [0.2, 0.25) is 0 Å². The largest absolute Gasteiger partial charge is 0.485 e. The van der Waals surface area contributed by atoms with Crippen molar-refractivity contribution < 1.29 is 61.8 Å². The number of benzene rings is 6. The lowest BCUT2D eigenvalue weighted by Crippen LogP contribution is -2.62. The van der Waals surface area contributed by atoms with Crippen LogP contribution in [0, 0.1) is 0 Å². The molecule has 6 aromatic rings. The average Bonchev–Trinajstić information content (AvgIpc) is 3.39. The molecule has 368 valence electrons. The van der Waals surface area contributed by atoms with Crippen molar-refractivity contribution in [2.75, 3.05) is 19.8 Å². The summed E-state index contributed by atoms with van der Waals surface area (Å²) < 4.78 is 61.0. The van der Waals surface area contributed by atoms with Gasteiger partial charge < -0.3 is 47.4 Å². The number of esters is 3. The van der Waals surface area contributed by atoms with Gasteiger partial charge in [-0.1, -0.05) is 140 Å². The second-order valence-electron chi connectivity index (χ2n) is 16.4. The molecule has 6 aromatic carbocycles. The van der Waals surface area contributed by atoms with Gasteiger partial charge in [0.15, 0.2) is 41.5 Å². The second kappa shape index (κ2) is 26.9. The third kappa shape index (κ3) is 16.2. The normalized spacial score (nSPS) is 17.4. The number of rotatable bonds is 25. The van der Waals surface area contributed by atoms with E-state index in [9.17, 15) is 14.4 Å². The topological polar surface area (TPSA) is 144 Å². The SMILES string of the molecule is C=CCO[C@@H]1[C@@H](OC(C)=O)[C@H](OCCc2ccc(OCc3ccccc3)c(OCc3ccccc3)c2)O[C@H](COC(C)=O)[C@H]1OC(=O)/C=C/c1ccc(OCc2ccccc2)c(OCc2ccccc2)c1. The Balaban J connectivity index is 1.07. The Kier molecular flexibility index (Phi) is 19.4. The summed E-state index contributed by atoms with van der Waals surface area (Å²) in [6, 6.07) is 50.2. The smallest absolute Gasteiger partial charge is 0.331 e. The van der Waals surface area contributed by atoms with Crippen molar-refractivity contribution >= 4 is 24.0 Å². The number of ether oxygens (including phenoxy) is 10. The van der Waals surface area contributed by atoms with Gasteiger partial charge in [0, 0.05) is 19.9 Å². The van der Waals surface area contributed by atoms with Crippen LogP contribution >= 0.6 is 0 Å². The molecule has 13 nitrogen and oxygen atoms in total. The lowest BCUT2D eigenvalue weighted by molar-refractivity contribution is -0.310. The molecule has 1 saturated heterocycles. The van der Waals surface area contributed by atoms with Gasteiger partial charge in [0.1, 0.15) is 45.2 Å². The van der Waals surface area contributed by atoms with Crippen molar-refractivity contribution in [1.29, 1.82) is 0 Å². The fraction of sp³-hybridized carbons (Fsp3) is 0.259. The van der Waals surface area contributed by atoms with Gasteiger partial charge in [-0.2, -0.15) is 0 Å². The van der Waals surface area contributed by atoms with E-state index in [0.717, 1.165) is 27.8 Å². The van der Waals surface area contributed by atoms with Gasteiger partial charge in [0.2, 0.25) is 0 Å². The van der Waals surface area contributed by atoms with E-state index in [-0.39, 0.29) is 26.4 Å². The van der Waals surface area contributed by atoms with E-state index in [2.05, 4.69) is 6.58 Å². The molecule has 7 rings (SSSR count). The molecule has 0 unspecified atom stereocenters. The monoisotopic (exact) mass is 962 g/mol. The van der Waals surface area contributed by atoms with Crippen LogP contribution in [0.5, 0.6) is 23.0 Å². The molecule has 0 amide bonds. The van der Waals surface area contributed by atoms with Gasteiger partial charge in [0.25, 0.3) is 0 Å². The maximum Gasteiger partial charge on any atom is 0.331 e. The number of carbonyl (C=O) groups is 3. The molecule has 0 spiro atoms. The van der Waals surface area contributed by atoms with Crippen molar-refractivity contribution in [2.45, 2.75) is 77.4 Å². The van der Waals surface area contributed by atoms with Crippen molar-refractivity contribution in [3.05, 3.63) is 210 Å². The molecular formula is C58H58O13. The molecule has 1 aliphatic heterocycles. The lowest BCUT2D eigenvalue weighted by Gasteiger charge is -2.44. The Bertz CT molecular complexity index is 2640. The first-order valence-corrected chi connectivity index (χ1v) is 23.3. The van der Waals surface area contributed by atoms with Crippen LogP contribution in [-0.2, 0) is 75.7 Å². The van der Waals surface area contributed by atoms with E-state index < -0.39 is 48.6 Å². The molecule has 13 heteroatoms. The second-order valence-corrected chi connectivity index (χ2v) is 16.4. The predicted molar refractivity (Wildman–Crippen MR) is 265 cm³/mol. The molecule has 1 fully saturated rings.